The number of nitrogens with one attached hydrogen (secondary N) is 1. The monoisotopic (exact) mass is 469 g/mol. The van der Waals surface area contributed by atoms with Crippen LogP contribution in [0.4, 0.5) is 10.5 Å². The van der Waals surface area contributed by atoms with E-state index >= 15 is 0 Å². The van der Waals surface area contributed by atoms with Crippen molar-refractivity contribution in [1.82, 2.24) is 9.88 Å². The topological polar surface area (TPSA) is 71.4 Å². The van der Waals surface area contributed by atoms with E-state index in [4.69, 9.17) is 11.6 Å². The van der Waals surface area contributed by atoms with Crippen molar-refractivity contribution in [1.29, 1.82) is 0 Å². The largest absolute Gasteiger partial charge is 0.342 e. The fourth-order valence-corrected chi connectivity index (χ4v) is 4.28. The fraction of sp³-hybridized carbons (Fsp3) is 0.0741. The first-order valence-corrected chi connectivity index (χ1v) is 11.1. The Kier molecular flexibility index (Phi) is 5.51. The van der Waals surface area contributed by atoms with Gasteiger partial charge < -0.3 is 4.57 Å². The molecule has 1 N–H and O–H groups in total. The summed E-state index contributed by atoms with van der Waals surface area (Å²) in [5, 5.41) is 3.86. The number of barbiturate groups is 1. The molecule has 1 saturated heterocycles. The minimum Gasteiger partial charge on any atom is -0.342 e. The molecule has 0 saturated carbocycles. The van der Waals surface area contributed by atoms with Crippen LogP contribution >= 0.6 is 11.6 Å². The Morgan fingerprint density at radius 1 is 0.912 bits per heavy atom. The summed E-state index contributed by atoms with van der Waals surface area (Å²) in [6.07, 6.45) is 3.46. The number of aryl methyl sites for hydroxylation is 1. The van der Waals surface area contributed by atoms with Crippen LogP contribution in [0.1, 0.15) is 16.7 Å². The van der Waals surface area contributed by atoms with Crippen LogP contribution < -0.4 is 10.2 Å². The van der Waals surface area contributed by atoms with Crippen LogP contribution in [-0.2, 0) is 16.1 Å². The smallest absolute Gasteiger partial charge is 0.335 e. The van der Waals surface area contributed by atoms with Crippen LogP contribution in [0, 0.1) is 6.92 Å². The molecule has 1 fully saturated rings. The molecule has 168 valence electrons. The zero-order valence-electron chi connectivity index (χ0n) is 18.3. The average molecular weight is 470 g/mol. The summed E-state index contributed by atoms with van der Waals surface area (Å²) in [6.45, 7) is 2.40. The average Bonchev–Trinajstić information content (AvgIpc) is 3.16. The SMILES string of the molecule is Cc1ccccc1N1C(=O)NC(=O)/C(=C\c2cn(Cc3ccc(Cl)cc3)c3ccccc23)C1=O. The Morgan fingerprint density at radius 2 is 1.62 bits per heavy atom. The number of amides is 4. The van der Waals surface area contributed by atoms with E-state index in [9.17, 15) is 14.4 Å². The molecular weight excluding hydrogens is 450 g/mol. The van der Waals surface area contributed by atoms with Gasteiger partial charge in [0.2, 0.25) is 0 Å². The third-order valence-corrected chi connectivity index (χ3v) is 6.10. The standard InChI is InChI=1S/C27H20ClN3O3/c1-17-6-2-4-8-23(17)31-26(33)22(25(32)29-27(31)34)14-19-16-30(24-9-5-3-7-21(19)24)15-18-10-12-20(28)13-11-18/h2-14,16H,15H2,1H3,(H,29,32,34)/b22-14+. The summed E-state index contributed by atoms with van der Waals surface area (Å²) in [7, 11) is 0. The summed E-state index contributed by atoms with van der Waals surface area (Å²) >= 11 is 6.01. The summed E-state index contributed by atoms with van der Waals surface area (Å²) < 4.78 is 2.06. The van der Waals surface area contributed by atoms with Gasteiger partial charge in [0.1, 0.15) is 5.57 Å². The second kappa shape index (κ2) is 8.65. The quantitative estimate of drug-likeness (QED) is 0.325. The molecule has 5 rings (SSSR count). The Hall–Kier alpha value is -4.16. The fourth-order valence-electron chi connectivity index (χ4n) is 4.15. The van der Waals surface area contributed by atoms with Gasteiger partial charge in [-0.15, -0.1) is 0 Å². The van der Waals surface area contributed by atoms with E-state index < -0.39 is 17.8 Å². The maximum Gasteiger partial charge on any atom is 0.335 e. The van der Waals surface area contributed by atoms with Crippen molar-refractivity contribution in [3.63, 3.8) is 0 Å². The van der Waals surface area contributed by atoms with Gasteiger partial charge in [0.15, 0.2) is 0 Å². The molecule has 6 nitrogen and oxygen atoms in total. The number of nitrogens with zero attached hydrogens (tertiary/aromatic N) is 2. The van der Waals surface area contributed by atoms with E-state index in [0.717, 1.165) is 26.9 Å². The number of fused-ring (bicyclic) bond motifs is 1. The van der Waals surface area contributed by atoms with E-state index in [2.05, 4.69) is 9.88 Å². The number of hydrogen-bond acceptors (Lipinski definition) is 3. The summed E-state index contributed by atoms with van der Waals surface area (Å²) in [4.78, 5) is 39.6. The van der Waals surface area contributed by atoms with Crippen LogP contribution in [0.2, 0.25) is 5.02 Å². The number of aromatic nitrogens is 1. The van der Waals surface area contributed by atoms with Crippen LogP contribution in [0.5, 0.6) is 0 Å². The number of hydrogen-bond donors (Lipinski definition) is 1. The van der Waals surface area contributed by atoms with Crippen molar-refractivity contribution in [2.45, 2.75) is 13.5 Å². The molecule has 0 unspecified atom stereocenters. The molecule has 1 aromatic heterocycles. The number of para-hydroxylation sites is 2. The van der Waals surface area contributed by atoms with Crippen molar-refractivity contribution in [2.24, 2.45) is 0 Å². The predicted molar refractivity (Wildman–Crippen MR) is 133 cm³/mol. The lowest BCUT2D eigenvalue weighted by molar-refractivity contribution is -0.122. The number of carbonyl (C=O) groups is 3. The number of halogens is 1. The van der Waals surface area contributed by atoms with Crippen molar-refractivity contribution in [2.75, 3.05) is 4.90 Å². The van der Waals surface area contributed by atoms with E-state index in [0.29, 0.717) is 22.8 Å². The molecule has 2 heterocycles. The summed E-state index contributed by atoms with van der Waals surface area (Å²) in [5.74, 6) is -1.37. The first-order chi connectivity index (χ1) is 16.4. The van der Waals surface area contributed by atoms with Crippen LogP contribution in [0.25, 0.3) is 17.0 Å². The molecule has 4 amide bonds. The van der Waals surface area contributed by atoms with Gasteiger partial charge in [0.05, 0.1) is 5.69 Å². The van der Waals surface area contributed by atoms with Crippen LogP contribution in [0.3, 0.4) is 0 Å². The first kappa shape index (κ1) is 21.7. The highest BCUT2D eigenvalue weighted by Crippen LogP contribution is 2.28. The van der Waals surface area contributed by atoms with Gasteiger partial charge in [0, 0.05) is 34.2 Å². The highest BCUT2D eigenvalue weighted by molar-refractivity contribution is 6.39. The third-order valence-electron chi connectivity index (χ3n) is 5.84. The lowest BCUT2D eigenvalue weighted by Gasteiger charge is -2.27. The maximum absolute atomic E-state index is 13.3. The summed E-state index contributed by atoms with van der Waals surface area (Å²) in [6, 6.07) is 21.7. The van der Waals surface area contributed by atoms with Gasteiger partial charge in [-0.3, -0.25) is 14.9 Å². The highest BCUT2D eigenvalue weighted by atomic mass is 35.5. The van der Waals surface area contributed by atoms with E-state index in [-0.39, 0.29) is 5.57 Å². The maximum atomic E-state index is 13.3. The molecule has 0 radical (unpaired) electrons. The van der Waals surface area contributed by atoms with E-state index in [1.165, 1.54) is 0 Å². The number of imide groups is 2. The van der Waals surface area contributed by atoms with Gasteiger partial charge in [-0.2, -0.15) is 0 Å². The Balaban J connectivity index is 1.57. The van der Waals surface area contributed by atoms with Gasteiger partial charge in [-0.25, -0.2) is 9.69 Å². The van der Waals surface area contributed by atoms with Crippen molar-refractivity contribution >= 4 is 52.1 Å². The molecule has 1 aliphatic rings. The third kappa shape index (κ3) is 3.89. The Morgan fingerprint density at radius 3 is 2.38 bits per heavy atom. The molecule has 7 heteroatoms. The number of rotatable bonds is 4. The first-order valence-electron chi connectivity index (χ1n) is 10.7. The number of carbonyl (C=O) groups excluding carboxylic acids is 3. The van der Waals surface area contributed by atoms with Gasteiger partial charge in [0.25, 0.3) is 11.8 Å². The molecule has 4 aromatic rings. The van der Waals surface area contributed by atoms with E-state index in [1.54, 1.807) is 31.2 Å². The normalized spacial score (nSPS) is 15.3. The molecule has 34 heavy (non-hydrogen) atoms. The molecule has 0 aliphatic carbocycles. The second-order valence-corrected chi connectivity index (χ2v) is 8.54. The minimum atomic E-state index is -0.758. The number of urea groups is 1. The van der Waals surface area contributed by atoms with Crippen molar-refractivity contribution in [3.05, 3.63) is 106 Å². The van der Waals surface area contributed by atoms with Crippen LogP contribution in [-0.4, -0.2) is 22.4 Å². The number of benzene rings is 3. The lowest BCUT2D eigenvalue weighted by Crippen LogP contribution is -2.54. The molecule has 0 bridgehead atoms. The molecule has 1 aliphatic heterocycles. The second-order valence-electron chi connectivity index (χ2n) is 8.10. The van der Waals surface area contributed by atoms with Crippen LogP contribution in [0.15, 0.2) is 84.6 Å². The minimum absolute atomic E-state index is 0.0998. The number of anilines is 1. The van der Waals surface area contributed by atoms with Gasteiger partial charge in [-0.1, -0.05) is 60.1 Å². The highest BCUT2D eigenvalue weighted by Gasteiger charge is 2.37. The van der Waals surface area contributed by atoms with Crippen molar-refractivity contribution < 1.29 is 14.4 Å². The van der Waals surface area contributed by atoms with Gasteiger partial charge >= 0.3 is 6.03 Å². The zero-order chi connectivity index (χ0) is 23.8. The zero-order valence-corrected chi connectivity index (χ0v) is 19.0. The Bertz CT molecular complexity index is 1480. The Labute approximate surface area is 201 Å². The lowest BCUT2D eigenvalue weighted by atomic mass is 10.1. The van der Waals surface area contributed by atoms with Crippen molar-refractivity contribution in [3.8, 4) is 0 Å². The molecular formula is C27H20ClN3O3. The molecule has 0 spiro atoms. The predicted octanol–water partition coefficient (Wildman–Crippen LogP) is 5.32. The summed E-state index contributed by atoms with van der Waals surface area (Å²) in [5.41, 5.74) is 3.82. The molecule has 0 atom stereocenters. The molecule has 3 aromatic carbocycles. The van der Waals surface area contributed by atoms with Gasteiger partial charge in [-0.05, 0) is 48.4 Å². The van der Waals surface area contributed by atoms with E-state index in [1.807, 2.05) is 60.8 Å².